The van der Waals surface area contributed by atoms with E-state index in [1.165, 1.54) is 0 Å². The maximum atomic E-state index is 13.4. The van der Waals surface area contributed by atoms with Gasteiger partial charge in [0, 0.05) is 31.5 Å². The number of nitrogens with zero attached hydrogens (tertiary/aromatic N) is 5. The fourth-order valence-corrected chi connectivity index (χ4v) is 4.69. The molecule has 0 bridgehead atoms. The van der Waals surface area contributed by atoms with E-state index in [1.54, 1.807) is 0 Å². The lowest BCUT2D eigenvalue weighted by Crippen LogP contribution is -2.45. The molecule has 1 fully saturated rings. The fraction of sp³-hybridized carbons (Fsp3) is 0.520. The second-order valence-electron chi connectivity index (χ2n) is 9.44. The number of piperidine rings is 1. The largest absolute Gasteiger partial charge is 0.346 e. The Morgan fingerprint density at radius 3 is 2.56 bits per heavy atom. The molecule has 0 spiro atoms. The van der Waals surface area contributed by atoms with Crippen LogP contribution in [0.3, 0.4) is 0 Å². The van der Waals surface area contributed by atoms with Gasteiger partial charge in [-0.25, -0.2) is 15.0 Å². The zero-order valence-electron chi connectivity index (χ0n) is 19.8. The smallest absolute Gasteiger partial charge is 0.225 e. The summed E-state index contributed by atoms with van der Waals surface area (Å²) >= 11 is 0. The van der Waals surface area contributed by atoms with Gasteiger partial charge in [0.2, 0.25) is 11.9 Å². The van der Waals surface area contributed by atoms with Crippen LogP contribution in [-0.4, -0.2) is 38.5 Å². The summed E-state index contributed by atoms with van der Waals surface area (Å²) in [6.45, 7) is 9.86. The molecule has 2 atom stereocenters. The molecule has 1 saturated heterocycles. The first-order valence-corrected chi connectivity index (χ1v) is 11.6. The third-order valence-electron chi connectivity index (χ3n) is 6.20. The second kappa shape index (κ2) is 9.27. The van der Waals surface area contributed by atoms with E-state index >= 15 is 0 Å². The molecular weight excluding hydrogens is 400 g/mol. The summed E-state index contributed by atoms with van der Waals surface area (Å²) in [6, 6.07) is 9.98. The Kier molecular flexibility index (Phi) is 6.44. The molecule has 0 saturated carbocycles. The molecule has 1 aliphatic heterocycles. The number of para-hydroxylation sites is 2. The number of imidazole rings is 1. The molecule has 2 aromatic heterocycles. The maximum absolute atomic E-state index is 13.4. The van der Waals surface area contributed by atoms with Crippen molar-refractivity contribution in [1.29, 1.82) is 0 Å². The van der Waals surface area contributed by atoms with E-state index in [4.69, 9.17) is 4.98 Å². The number of benzene rings is 1. The van der Waals surface area contributed by atoms with E-state index < -0.39 is 0 Å². The number of anilines is 1. The van der Waals surface area contributed by atoms with E-state index in [1.807, 2.05) is 45.2 Å². The zero-order valence-corrected chi connectivity index (χ0v) is 19.8. The van der Waals surface area contributed by atoms with Crippen molar-refractivity contribution < 1.29 is 4.79 Å². The molecule has 170 valence electrons. The van der Waals surface area contributed by atoms with E-state index in [0.717, 1.165) is 60.0 Å². The van der Waals surface area contributed by atoms with Crippen LogP contribution in [0.2, 0.25) is 0 Å². The van der Waals surface area contributed by atoms with Gasteiger partial charge in [0.05, 0.1) is 23.0 Å². The summed E-state index contributed by atoms with van der Waals surface area (Å²) in [5.41, 5.74) is 3.96. The summed E-state index contributed by atoms with van der Waals surface area (Å²) in [6.07, 6.45) is 2.68. The number of carbonyl (C=O) groups is 1. The minimum Gasteiger partial charge on any atom is -0.346 e. The van der Waals surface area contributed by atoms with Crippen LogP contribution in [0.5, 0.6) is 0 Å². The zero-order chi connectivity index (χ0) is 22.8. The average molecular weight is 435 g/mol. The number of fused-ring (bicyclic) bond motifs is 1. The number of carbonyl (C=O) groups excluding carboxylic acids is 1. The molecular formula is C25H34N6O. The number of nitrogens with one attached hydrogen (secondary N) is 1. The molecule has 7 nitrogen and oxygen atoms in total. The summed E-state index contributed by atoms with van der Waals surface area (Å²) in [5, 5.41) is 3.34. The van der Waals surface area contributed by atoms with Crippen molar-refractivity contribution in [2.75, 3.05) is 18.0 Å². The minimum absolute atomic E-state index is 0.0856. The molecule has 4 rings (SSSR count). The van der Waals surface area contributed by atoms with Crippen molar-refractivity contribution in [2.24, 2.45) is 18.9 Å². The lowest BCUT2D eigenvalue weighted by molar-refractivity contribution is -0.126. The highest BCUT2D eigenvalue weighted by Crippen LogP contribution is 2.27. The van der Waals surface area contributed by atoms with Gasteiger partial charge in [-0.2, -0.15) is 0 Å². The van der Waals surface area contributed by atoms with Crippen LogP contribution in [0, 0.1) is 25.7 Å². The quantitative estimate of drug-likeness (QED) is 0.632. The van der Waals surface area contributed by atoms with Gasteiger partial charge >= 0.3 is 0 Å². The topological polar surface area (TPSA) is 75.9 Å². The molecule has 1 N–H and O–H groups in total. The standard InChI is InChI=1S/C25H34N6O/c1-16(2)13-21(23-28-20-10-6-7-11-22(20)30(23)5)29-24(32)19-9-8-12-31(15-19)25-26-17(3)14-18(4)27-25/h6-7,10-11,14,16,19,21H,8-9,12-13,15H2,1-5H3,(H,29,32)/t19-,21+/m1/s1. The van der Waals surface area contributed by atoms with Crippen LogP contribution in [0.25, 0.3) is 11.0 Å². The summed E-state index contributed by atoms with van der Waals surface area (Å²) in [5.74, 6) is 2.09. The van der Waals surface area contributed by atoms with Crippen LogP contribution in [0.1, 0.15) is 56.4 Å². The van der Waals surface area contributed by atoms with Crippen LogP contribution in [0.15, 0.2) is 30.3 Å². The first-order valence-electron chi connectivity index (χ1n) is 11.6. The molecule has 32 heavy (non-hydrogen) atoms. The van der Waals surface area contributed by atoms with Crippen LogP contribution >= 0.6 is 0 Å². The SMILES string of the molecule is Cc1cc(C)nc(N2CCC[C@@H](C(=O)N[C@@H](CC(C)C)c3nc4ccccc4n3C)C2)n1. The number of aryl methyl sites for hydroxylation is 3. The van der Waals surface area contributed by atoms with Gasteiger partial charge in [-0.05, 0) is 57.2 Å². The van der Waals surface area contributed by atoms with Crippen molar-refractivity contribution in [3.63, 3.8) is 0 Å². The van der Waals surface area contributed by atoms with Gasteiger partial charge in [0.1, 0.15) is 5.82 Å². The van der Waals surface area contributed by atoms with Gasteiger partial charge in [-0.3, -0.25) is 4.79 Å². The first kappa shape index (κ1) is 22.2. The molecule has 0 radical (unpaired) electrons. The Bertz CT molecular complexity index is 1080. The van der Waals surface area contributed by atoms with Crippen LogP contribution < -0.4 is 10.2 Å². The first-order chi connectivity index (χ1) is 15.3. The van der Waals surface area contributed by atoms with Crippen molar-refractivity contribution in [3.05, 3.63) is 47.5 Å². The highest BCUT2D eigenvalue weighted by atomic mass is 16.2. The van der Waals surface area contributed by atoms with Crippen molar-refractivity contribution in [2.45, 2.75) is 53.0 Å². The minimum atomic E-state index is -0.118. The maximum Gasteiger partial charge on any atom is 0.225 e. The van der Waals surface area contributed by atoms with Gasteiger partial charge in [0.25, 0.3) is 0 Å². The predicted octanol–water partition coefficient (Wildman–Crippen LogP) is 4.10. The van der Waals surface area contributed by atoms with Gasteiger partial charge in [0.15, 0.2) is 0 Å². The van der Waals surface area contributed by atoms with E-state index in [0.29, 0.717) is 12.5 Å². The number of aromatic nitrogens is 4. The van der Waals surface area contributed by atoms with Crippen molar-refractivity contribution in [3.8, 4) is 0 Å². The number of rotatable bonds is 6. The lowest BCUT2D eigenvalue weighted by atomic mass is 9.96. The Hall–Kier alpha value is -2.96. The number of hydrogen-bond donors (Lipinski definition) is 1. The van der Waals surface area contributed by atoms with E-state index in [2.05, 4.69) is 44.7 Å². The Morgan fingerprint density at radius 2 is 1.88 bits per heavy atom. The summed E-state index contributed by atoms with van der Waals surface area (Å²) in [4.78, 5) is 29.6. The van der Waals surface area contributed by atoms with Crippen LogP contribution in [-0.2, 0) is 11.8 Å². The fourth-order valence-electron chi connectivity index (χ4n) is 4.69. The van der Waals surface area contributed by atoms with Crippen molar-refractivity contribution >= 4 is 22.9 Å². The Labute approximate surface area is 190 Å². The van der Waals surface area contributed by atoms with E-state index in [-0.39, 0.29) is 17.9 Å². The van der Waals surface area contributed by atoms with E-state index in [9.17, 15) is 4.79 Å². The summed E-state index contributed by atoms with van der Waals surface area (Å²) in [7, 11) is 2.03. The molecule has 1 aliphatic rings. The molecule has 0 unspecified atom stereocenters. The summed E-state index contributed by atoms with van der Waals surface area (Å²) < 4.78 is 2.11. The lowest BCUT2D eigenvalue weighted by Gasteiger charge is -2.33. The third-order valence-corrected chi connectivity index (χ3v) is 6.20. The monoisotopic (exact) mass is 434 g/mol. The molecule has 1 aromatic carbocycles. The molecule has 3 heterocycles. The predicted molar refractivity (Wildman–Crippen MR) is 127 cm³/mol. The average Bonchev–Trinajstić information content (AvgIpc) is 3.09. The molecule has 3 aromatic rings. The Balaban J connectivity index is 1.53. The normalized spacial score (nSPS) is 17.7. The van der Waals surface area contributed by atoms with Crippen LogP contribution in [0.4, 0.5) is 5.95 Å². The van der Waals surface area contributed by atoms with Gasteiger partial charge < -0.3 is 14.8 Å². The number of amides is 1. The van der Waals surface area contributed by atoms with Gasteiger partial charge in [-0.1, -0.05) is 26.0 Å². The highest BCUT2D eigenvalue weighted by Gasteiger charge is 2.30. The van der Waals surface area contributed by atoms with Crippen molar-refractivity contribution in [1.82, 2.24) is 24.8 Å². The number of hydrogen-bond acceptors (Lipinski definition) is 5. The third kappa shape index (κ3) is 4.76. The van der Waals surface area contributed by atoms with Gasteiger partial charge in [-0.15, -0.1) is 0 Å². The molecule has 7 heteroatoms. The highest BCUT2D eigenvalue weighted by molar-refractivity contribution is 5.80. The molecule has 0 aliphatic carbocycles. The molecule has 1 amide bonds. The second-order valence-corrected chi connectivity index (χ2v) is 9.44. The Morgan fingerprint density at radius 1 is 1.16 bits per heavy atom.